The third-order valence-electron chi connectivity index (χ3n) is 3.84. The van der Waals surface area contributed by atoms with E-state index in [0.29, 0.717) is 6.61 Å². The Hall–Kier alpha value is -1.39. The van der Waals surface area contributed by atoms with Crippen LogP contribution in [-0.4, -0.2) is 6.61 Å². The van der Waals surface area contributed by atoms with Crippen molar-refractivity contribution in [1.29, 1.82) is 0 Å². The molecule has 1 N–H and O–H groups in total. The molecule has 2 nitrogen and oxygen atoms in total. The largest absolute Gasteiger partial charge is 0.493 e. The number of hydrogen-bond donors (Lipinski definition) is 1. The molecule has 4 heteroatoms. The number of hydrogen-bond acceptors (Lipinski definition) is 2. The molecule has 0 radical (unpaired) electrons. The molecule has 2 aromatic rings. The van der Waals surface area contributed by atoms with Crippen LogP contribution in [0.5, 0.6) is 5.75 Å². The van der Waals surface area contributed by atoms with Crippen molar-refractivity contribution in [3.05, 3.63) is 63.9 Å². The number of para-hydroxylation sites is 1. The highest BCUT2D eigenvalue weighted by Gasteiger charge is 2.23. The molecular weight excluding hydrogens is 333 g/mol. The molecule has 1 aliphatic rings. The molecule has 110 valence electrons. The summed E-state index contributed by atoms with van der Waals surface area (Å²) in [6.07, 6.45) is 0.931. The maximum Gasteiger partial charge on any atom is 0.124 e. The van der Waals surface area contributed by atoms with Gasteiger partial charge < -0.3 is 10.1 Å². The molecule has 0 spiro atoms. The Bertz CT molecular complexity index is 646. The molecule has 21 heavy (non-hydrogen) atoms. The van der Waals surface area contributed by atoms with Crippen molar-refractivity contribution in [1.82, 2.24) is 5.32 Å². The summed E-state index contributed by atoms with van der Waals surface area (Å²) in [5.41, 5.74) is 2.24. The van der Waals surface area contributed by atoms with Crippen LogP contribution in [0.4, 0.5) is 4.39 Å². The molecule has 2 atom stereocenters. The van der Waals surface area contributed by atoms with Gasteiger partial charge in [-0.05, 0) is 30.7 Å². The van der Waals surface area contributed by atoms with Crippen LogP contribution in [0.15, 0.2) is 46.9 Å². The molecule has 0 aliphatic carbocycles. The Morgan fingerprint density at radius 3 is 2.90 bits per heavy atom. The molecule has 0 aromatic heterocycles. The van der Waals surface area contributed by atoms with Gasteiger partial charge in [0.25, 0.3) is 0 Å². The number of halogens is 2. The van der Waals surface area contributed by atoms with Crippen molar-refractivity contribution >= 4 is 15.9 Å². The van der Waals surface area contributed by atoms with Crippen LogP contribution in [0, 0.1) is 5.82 Å². The molecule has 0 bridgehead atoms. The van der Waals surface area contributed by atoms with E-state index in [1.807, 2.05) is 24.3 Å². The second-order valence-electron chi connectivity index (χ2n) is 5.28. The summed E-state index contributed by atoms with van der Waals surface area (Å²) in [6, 6.07) is 13.3. The Balaban J connectivity index is 1.81. The van der Waals surface area contributed by atoms with E-state index in [4.69, 9.17) is 4.74 Å². The minimum absolute atomic E-state index is 0.121. The molecule has 0 amide bonds. The van der Waals surface area contributed by atoms with Gasteiger partial charge >= 0.3 is 0 Å². The van der Waals surface area contributed by atoms with Crippen molar-refractivity contribution in [3.63, 3.8) is 0 Å². The lowest BCUT2D eigenvalue weighted by atomic mass is 9.98. The summed E-state index contributed by atoms with van der Waals surface area (Å²) in [4.78, 5) is 0. The predicted molar refractivity (Wildman–Crippen MR) is 84.9 cm³/mol. The topological polar surface area (TPSA) is 21.3 Å². The maximum absolute atomic E-state index is 13.2. The molecule has 2 unspecified atom stereocenters. The van der Waals surface area contributed by atoms with E-state index in [1.165, 1.54) is 17.7 Å². The van der Waals surface area contributed by atoms with Gasteiger partial charge in [-0.2, -0.15) is 0 Å². The molecule has 0 saturated heterocycles. The molecule has 1 aliphatic heterocycles. The zero-order chi connectivity index (χ0) is 14.8. The average molecular weight is 350 g/mol. The summed E-state index contributed by atoms with van der Waals surface area (Å²) in [6.45, 7) is 2.81. The van der Waals surface area contributed by atoms with Crippen molar-refractivity contribution in [3.8, 4) is 5.75 Å². The Morgan fingerprint density at radius 2 is 2.10 bits per heavy atom. The van der Waals surface area contributed by atoms with E-state index >= 15 is 0 Å². The monoisotopic (exact) mass is 349 g/mol. The lowest BCUT2D eigenvalue weighted by Crippen LogP contribution is -2.29. The first-order chi connectivity index (χ1) is 10.1. The zero-order valence-corrected chi connectivity index (χ0v) is 13.4. The van der Waals surface area contributed by atoms with Crippen LogP contribution in [0.3, 0.4) is 0 Å². The van der Waals surface area contributed by atoms with Crippen LogP contribution in [0.2, 0.25) is 0 Å². The number of fused-ring (bicyclic) bond motifs is 1. The number of ether oxygens (including phenoxy) is 1. The Morgan fingerprint density at radius 1 is 1.29 bits per heavy atom. The third-order valence-corrected chi connectivity index (χ3v) is 4.53. The standard InChI is InChI=1S/C17H17BrFNO/c1-11(13-7-6-12(19)10-15(13)18)20-16-8-9-21-17-5-3-2-4-14(16)17/h2-7,10-11,16,20H,8-9H2,1H3. The average Bonchev–Trinajstić information content (AvgIpc) is 2.47. The summed E-state index contributed by atoms with van der Waals surface area (Å²) in [5.74, 6) is 0.723. The first-order valence-electron chi connectivity index (χ1n) is 7.08. The van der Waals surface area contributed by atoms with Gasteiger partial charge in [-0.15, -0.1) is 0 Å². The predicted octanol–water partition coefficient (Wildman–Crippen LogP) is 4.76. The second kappa shape index (κ2) is 6.16. The van der Waals surface area contributed by atoms with Gasteiger partial charge in [-0.1, -0.05) is 40.2 Å². The molecule has 0 fully saturated rings. The van der Waals surface area contributed by atoms with Crippen LogP contribution in [0.25, 0.3) is 0 Å². The maximum atomic E-state index is 13.2. The van der Waals surface area contributed by atoms with Gasteiger partial charge in [0.15, 0.2) is 0 Å². The van der Waals surface area contributed by atoms with Crippen LogP contribution in [-0.2, 0) is 0 Å². The quantitative estimate of drug-likeness (QED) is 0.862. The van der Waals surface area contributed by atoms with Crippen molar-refractivity contribution < 1.29 is 9.13 Å². The van der Waals surface area contributed by atoms with E-state index < -0.39 is 0 Å². The molecular formula is C17H17BrFNO. The van der Waals surface area contributed by atoms with E-state index in [2.05, 4.69) is 34.2 Å². The van der Waals surface area contributed by atoms with Gasteiger partial charge in [0, 0.05) is 28.5 Å². The van der Waals surface area contributed by atoms with Crippen LogP contribution in [0.1, 0.15) is 36.6 Å². The van der Waals surface area contributed by atoms with Gasteiger partial charge in [0.05, 0.1) is 6.61 Å². The first kappa shape index (κ1) is 14.5. The number of benzene rings is 2. The second-order valence-corrected chi connectivity index (χ2v) is 6.14. The summed E-state index contributed by atoms with van der Waals surface area (Å²) >= 11 is 3.44. The Labute approximate surface area is 132 Å². The van der Waals surface area contributed by atoms with Crippen LogP contribution < -0.4 is 10.1 Å². The lowest BCUT2D eigenvalue weighted by Gasteiger charge is -2.29. The van der Waals surface area contributed by atoms with Gasteiger partial charge in [-0.25, -0.2) is 4.39 Å². The summed E-state index contributed by atoms with van der Waals surface area (Å²) < 4.78 is 19.7. The Kier molecular flexibility index (Phi) is 4.27. The summed E-state index contributed by atoms with van der Waals surface area (Å²) in [7, 11) is 0. The van der Waals surface area contributed by atoms with Crippen molar-refractivity contribution in [2.24, 2.45) is 0 Å². The zero-order valence-electron chi connectivity index (χ0n) is 11.8. The van der Waals surface area contributed by atoms with Gasteiger partial charge in [0.2, 0.25) is 0 Å². The molecule has 0 saturated carbocycles. The fourth-order valence-corrected chi connectivity index (χ4v) is 3.45. The summed E-state index contributed by atoms with van der Waals surface area (Å²) in [5, 5.41) is 3.62. The lowest BCUT2D eigenvalue weighted by molar-refractivity contribution is 0.246. The molecule has 3 rings (SSSR count). The number of nitrogens with one attached hydrogen (secondary N) is 1. The SMILES string of the molecule is CC(NC1CCOc2ccccc21)c1ccc(F)cc1Br. The highest BCUT2D eigenvalue weighted by Crippen LogP contribution is 2.34. The van der Waals surface area contributed by atoms with Gasteiger partial charge in [0.1, 0.15) is 11.6 Å². The van der Waals surface area contributed by atoms with E-state index in [9.17, 15) is 4.39 Å². The minimum Gasteiger partial charge on any atom is -0.493 e. The van der Waals surface area contributed by atoms with E-state index in [-0.39, 0.29) is 17.9 Å². The number of rotatable bonds is 3. The third kappa shape index (κ3) is 3.11. The van der Waals surface area contributed by atoms with Crippen molar-refractivity contribution in [2.45, 2.75) is 25.4 Å². The fourth-order valence-electron chi connectivity index (χ4n) is 2.76. The van der Waals surface area contributed by atoms with Gasteiger partial charge in [-0.3, -0.25) is 0 Å². The first-order valence-corrected chi connectivity index (χ1v) is 7.87. The fraction of sp³-hybridized carbons (Fsp3) is 0.294. The normalized spacial score (nSPS) is 18.7. The highest BCUT2D eigenvalue weighted by atomic mass is 79.9. The minimum atomic E-state index is -0.228. The highest BCUT2D eigenvalue weighted by molar-refractivity contribution is 9.10. The van der Waals surface area contributed by atoms with E-state index in [0.717, 1.165) is 22.2 Å². The smallest absolute Gasteiger partial charge is 0.124 e. The van der Waals surface area contributed by atoms with Crippen LogP contribution >= 0.6 is 15.9 Å². The molecule has 1 heterocycles. The van der Waals surface area contributed by atoms with E-state index in [1.54, 1.807) is 0 Å². The molecule has 2 aromatic carbocycles. The van der Waals surface area contributed by atoms with Crippen molar-refractivity contribution in [2.75, 3.05) is 6.61 Å².